The van der Waals surface area contributed by atoms with Gasteiger partial charge in [-0.25, -0.2) is 0 Å². The zero-order chi connectivity index (χ0) is 21.6. The second-order valence-electron chi connectivity index (χ2n) is 6.95. The number of nitrogens with one attached hydrogen (secondary N) is 1. The van der Waals surface area contributed by atoms with Crippen LogP contribution >= 0.6 is 11.8 Å². The van der Waals surface area contributed by atoms with Crippen LogP contribution in [-0.2, 0) is 12.3 Å². The number of rotatable bonds is 8. The molecule has 0 spiro atoms. The van der Waals surface area contributed by atoms with Crippen molar-refractivity contribution in [2.45, 2.75) is 24.4 Å². The Labute approximate surface area is 184 Å². The summed E-state index contributed by atoms with van der Waals surface area (Å²) in [6.45, 7) is 2.60. The maximum atomic E-state index is 10.9. The first-order valence-electron chi connectivity index (χ1n) is 9.77. The summed E-state index contributed by atoms with van der Waals surface area (Å²) in [6, 6.07) is 24.7. The molecule has 0 bridgehead atoms. The van der Waals surface area contributed by atoms with Crippen molar-refractivity contribution in [2.75, 3.05) is 5.32 Å². The lowest BCUT2D eigenvalue weighted by Gasteiger charge is -2.12. The molecule has 0 saturated heterocycles. The lowest BCUT2D eigenvalue weighted by atomic mass is 10.2. The van der Waals surface area contributed by atoms with Gasteiger partial charge < -0.3 is 5.32 Å². The Bertz CT molecular complexity index is 1180. The molecule has 1 N–H and O–H groups in total. The van der Waals surface area contributed by atoms with E-state index in [0.29, 0.717) is 12.3 Å². The minimum Gasteiger partial charge on any atom is -0.378 e. The highest BCUT2D eigenvalue weighted by Gasteiger charge is 2.15. The van der Waals surface area contributed by atoms with Crippen LogP contribution < -0.4 is 5.32 Å². The van der Waals surface area contributed by atoms with Crippen molar-refractivity contribution < 1.29 is 4.92 Å². The van der Waals surface area contributed by atoms with Gasteiger partial charge in [0.1, 0.15) is 0 Å². The molecule has 1 aromatic heterocycles. The molecule has 0 unspecified atom stereocenters. The molecule has 0 aliphatic carbocycles. The van der Waals surface area contributed by atoms with Gasteiger partial charge in [-0.3, -0.25) is 14.7 Å². The molecule has 3 aromatic carbocycles. The fourth-order valence-corrected chi connectivity index (χ4v) is 4.08. The summed E-state index contributed by atoms with van der Waals surface area (Å²) < 4.78 is 2.04. The van der Waals surface area contributed by atoms with E-state index in [1.807, 2.05) is 53.1 Å². The maximum absolute atomic E-state index is 10.9. The van der Waals surface area contributed by atoms with Gasteiger partial charge in [0, 0.05) is 29.3 Å². The van der Waals surface area contributed by atoms with Crippen LogP contribution in [0.15, 0.2) is 84.0 Å². The predicted octanol–water partition coefficient (Wildman–Crippen LogP) is 5.39. The van der Waals surface area contributed by atoms with Gasteiger partial charge in [-0.05, 0) is 36.2 Å². The van der Waals surface area contributed by atoms with E-state index in [1.54, 1.807) is 23.9 Å². The number of hydrogen-bond donors (Lipinski definition) is 1. The molecule has 7 nitrogen and oxygen atoms in total. The van der Waals surface area contributed by atoms with Gasteiger partial charge in [0.15, 0.2) is 11.0 Å². The third kappa shape index (κ3) is 4.92. The molecular weight excluding hydrogens is 410 g/mol. The van der Waals surface area contributed by atoms with Crippen molar-refractivity contribution in [1.29, 1.82) is 0 Å². The molecule has 31 heavy (non-hydrogen) atoms. The van der Waals surface area contributed by atoms with Gasteiger partial charge in [-0.2, -0.15) is 0 Å². The second kappa shape index (κ2) is 9.44. The SMILES string of the molecule is Cc1ccccc1NCc1nnc(SCc2ccc([N+](=O)[O-])cc2)n1-c1ccccc1. The summed E-state index contributed by atoms with van der Waals surface area (Å²) in [4.78, 5) is 10.5. The molecule has 0 radical (unpaired) electrons. The van der Waals surface area contributed by atoms with Crippen LogP contribution in [0.5, 0.6) is 0 Å². The van der Waals surface area contributed by atoms with Crippen LogP contribution in [-0.4, -0.2) is 19.7 Å². The van der Waals surface area contributed by atoms with Gasteiger partial charge in [-0.1, -0.05) is 60.3 Å². The Morgan fingerprint density at radius 2 is 1.68 bits per heavy atom. The van der Waals surface area contributed by atoms with Gasteiger partial charge in [0.2, 0.25) is 0 Å². The smallest absolute Gasteiger partial charge is 0.269 e. The molecule has 156 valence electrons. The van der Waals surface area contributed by atoms with Crippen LogP contribution in [0.3, 0.4) is 0 Å². The number of nitrogens with zero attached hydrogens (tertiary/aromatic N) is 4. The third-order valence-corrected chi connectivity index (χ3v) is 5.81. The summed E-state index contributed by atoms with van der Waals surface area (Å²) in [5.74, 6) is 1.44. The molecule has 0 atom stereocenters. The van der Waals surface area contributed by atoms with Gasteiger partial charge in [-0.15, -0.1) is 10.2 Å². The van der Waals surface area contributed by atoms with E-state index in [2.05, 4.69) is 28.5 Å². The minimum absolute atomic E-state index is 0.0887. The number of benzene rings is 3. The van der Waals surface area contributed by atoms with Crippen molar-refractivity contribution in [3.05, 3.63) is 106 Å². The highest BCUT2D eigenvalue weighted by atomic mass is 32.2. The summed E-state index contributed by atoms with van der Waals surface area (Å²) in [5.41, 5.74) is 4.29. The monoisotopic (exact) mass is 431 g/mol. The van der Waals surface area contributed by atoms with E-state index in [1.165, 1.54) is 17.7 Å². The van der Waals surface area contributed by atoms with Crippen LogP contribution in [0.4, 0.5) is 11.4 Å². The molecule has 1 heterocycles. The van der Waals surface area contributed by atoms with Crippen LogP contribution in [0.2, 0.25) is 0 Å². The zero-order valence-corrected chi connectivity index (χ0v) is 17.7. The van der Waals surface area contributed by atoms with E-state index in [-0.39, 0.29) is 5.69 Å². The average molecular weight is 432 g/mol. The van der Waals surface area contributed by atoms with Crippen molar-refractivity contribution in [1.82, 2.24) is 14.8 Å². The van der Waals surface area contributed by atoms with Crippen LogP contribution in [0.25, 0.3) is 5.69 Å². The zero-order valence-electron chi connectivity index (χ0n) is 16.9. The Morgan fingerprint density at radius 1 is 0.968 bits per heavy atom. The molecule has 0 saturated carbocycles. The number of anilines is 1. The van der Waals surface area contributed by atoms with E-state index >= 15 is 0 Å². The van der Waals surface area contributed by atoms with E-state index in [4.69, 9.17) is 0 Å². The fourth-order valence-electron chi connectivity index (χ4n) is 3.15. The molecular formula is C23H21N5O2S. The Kier molecular flexibility index (Phi) is 6.28. The lowest BCUT2D eigenvalue weighted by molar-refractivity contribution is -0.384. The highest BCUT2D eigenvalue weighted by molar-refractivity contribution is 7.98. The van der Waals surface area contributed by atoms with E-state index in [9.17, 15) is 10.1 Å². The fraction of sp³-hybridized carbons (Fsp3) is 0.130. The molecule has 4 rings (SSSR count). The second-order valence-corrected chi connectivity index (χ2v) is 7.89. The molecule has 0 fully saturated rings. The first-order valence-corrected chi connectivity index (χ1v) is 10.8. The third-order valence-electron chi connectivity index (χ3n) is 4.81. The number of nitro benzene ring substituents is 1. The Balaban J connectivity index is 1.56. The number of para-hydroxylation sites is 2. The number of aryl methyl sites for hydroxylation is 1. The van der Waals surface area contributed by atoms with E-state index in [0.717, 1.165) is 27.9 Å². The minimum atomic E-state index is -0.392. The molecule has 0 aliphatic rings. The summed E-state index contributed by atoms with van der Waals surface area (Å²) in [5, 5.41) is 23.9. The maximum Gasteiger partial charge on any atom is 0.269 e. The lowest BCUT2D eigenvalue weighted by Crippen LogP contribution is -2.09. The Morgan fingerprint density at radius 3 is 2.39 bits per heavy atom. The van der Waals surface area contributed by atoms with E-state index < -0.39 is 4.92 Å². The average Bonchev–Trinajstić information content (AvgIpc) is 3.21. The van der Waals surface area contributed by atoms with Crippen molar-refractivity contribution in [3.63, 3.8) is 0 Å². The van der Waals surface area contributed by atoms with Crippen molar-refractivity contribution in [2.24, 2.45) is 0 Å². The van der Waals surface area contributed by atoms with Gasteiger partial charge >= 0.3 is 0 Å². The van der Waals surface area contributed by atoms with Crippen LogP contribution in [0.1, 0.15) is 17.0 Å². The molecule has 4 aromatic rings. The number of nitro groups is 1. The predicted molar refractivity (Wildman–Crippen MR) is 123 cm³/mol. The topological polar surface area (TPSA) is 85.9 Å². The van der Waals surface area contributed by atoms with Crippen LogP contribution in [0, 0.1) is 17.0 Å². The highest BCUT2D eigenvalue weighted by Crippen LogP contribution is 2.26. The van der Waals surface area contributed by atoms with Crippen molar-refractivity contribution in [3.8, 4) is 5.69 Å². The number of aromatic nitrogens is 3. The molecule has 0 aliphatic heterocycles. The Hall–Kier alpha value is -3.65. The summed E-state index contributed by atoms with van der Waals surface area (Å²) in [7, 11) is 0. The standard InChI is InChI=1S/C23H21N5O2S/c1-17-7-5-6-10-21(17)24-15-22-25-26-23(27(22)19-8-3-2-4-9-19)31-16-18-11-13-20(14-12-18)28(29)30/h2-14,24H,15-16H2,1H3. The first kappa shape index (κ1) is 20.6. The summed E-state index contributed by atoms with van der Waals surface area (Å²) >= 11 is 1.55. The first-order chi connectivity index (χ1) is 15.1. The molecule has 8 heteroatoms. The van der Waals surface area contributed by atoms with Gasteiger partial charge in [0.25, 0.3) is 5.69 Å². The molecule has 0 amide bonds. The normalized spacial score (nSPS) is 10.7. The summed E-state index contributed by atoms with van der Waals surface area (Å²) in [6.07, 6.45) is 0. The van der Waals surface area contributed by atoms with Gasteiger partial charge in [0.05, 0.1) is 11.5 Å². The number of hydrogen-bond acceptors (Lipinski definition) is 6. The van der Waals surface area contributed by atoms with Crippen molar-refractivity contribution >= 4 is 23.1 Å². The largest absolute Gasteiger partial charge is 0.378 e. The number of non-ortho nitro benzene ring substituents is 1. The number of thioether (sulfide) groups is 1. The quantitative estimate of drug-likeness (QED) is 0.229.